The summed E-state index contributed by atoms with van der Waals surface area (Å²) in [4.78, 5) is 0. The molecule has 21 heavy (non-hydrogen) atoms. The SMILES string of the molecule is CC(CO)(Nc1ccccc1)c1ccc(C(F)(F)F)cc1. The summed E-state index contributed by atoms with van der Waals surface area (Å²) >= 11 is 0. The molecule has 0 radical (unpaired) electrons. The fourth-order valence-electron chi connectivity index (χ4n) is 2.07. The number of aliphatic hydroxyl groups is 1. The topological polar surface area (TPSA) is 32.3 Å². The molecule has 1 unspecified atom stereocenters. The Morgan fingerprint density at radius 1 is 0.905 bits per heavy atom. The van der Waals surface area contributed by atoms with Crippen molar-refractivity contribution in [2.75, 3.05) is 11.9 Å². The molecule has 2 nitrogen and oxygen atoms in total. The van der Waals surface area contributed by atoms with E-state index >= 15 is 0 Å². The Morgan fingerprint density at radius 2 is 1.43 bits per heavy atom. The molecule has 2 aromatic rings. The van der Waals surface area contributed by atoms with E-state index in [1.807, 2.05) is 30.3 Å². The van der Waals surface area contributed by atoms with Crippen LogP contribution in [0.2, 0.25) is 0 Å². The van der Waals surface area contributed by atoms with Gasteiger partial charge in [-0.15, -0.1) is 0 Å². The van der Waals surface area contributed by atoms with Crippen LogP contribution in [-0.2, 0) is 11.7 Å². The third kappa shape index (κ3) is 3.55. The van der Waals surface area contributed by atoms with Gasteiger partial charge in [0, 0.05) is 5.69 Å². The Balaban J connectivity index is 2.28. The first-order chi connectivity index (χ1) is 9.85. The lowest BCUT2D eigenvalue weighted by Gasteiger charge is -2.30. The van der Waals surface area contributed by atoms with Crippen molar-refractivity contribution in [1.82, 2.24) is 0 Å². The van der Waals surface area contributed by atoms with Crippen molar-refractivity contribution >= 4 is 5.69 Å². The first-order valence-corrected chi connectivity index (χ1v) is 6.47. The molecule has 0 bridgehead atoms. The van der Waals surface area contributed by atoms with E-state index in [9.17, 15) is 18.3 Å². The molecule has 0 aliphatic rings. The average molecular weight is 295 g/mol. The Kier molecular flexibility index (Phi) is 4.23. The van der Waals surface area contributed by atoms with Crippen molar-refractivity contribution in [2.24, 2.45) is 0 Å². The molecular weight excluding hydrogens is 279 g/mol. The Bertz CT molecular complexity index is 581. The van der Waals surface area contributed by atoms with Gasteiger partial charge in [0.1, 0.15) is 0 Å². The maximum Gasteiger partial charge on any atom is 0.416 e. The van der Waals surface area contributed by atoms with Crippen LogP contribution < -0.4 is 5.32 Å². The highest BCUT2D eigenvalue weighted by Crippen LogP contribution is 2.32. The van der Waals surface area contributed by atoms with E-state index < -0.39 is 17.3 Å². The summed E-state index contributed by atoms with van der Waals surface area (Å²) in [5, 5.41) is 12.8. The first kappa shape index (κ1) is 15.4. The van der Waals surface area contributed by atoms with Crippen molar-refractivity contribution in [3.05, 3.63) is 65.7 Å². The molecule has 0 amide bonds. The molecule has 112 valence electrons. The second-order valence-electron chi connectivity index (χ2n) is 5.06. The zero-order valence-corrected chi connectivity index (χ0v) is 11.5. The Labute approximate surface area is 121 Å². The molecule has 2 N–H and O–H groups in total. The summed E-state index contributed by atoms with van der Waals surface area (Å²) in [5.74, 6) is 0. The predicted molar refractivity (Wildman–Crippen MR) is 75.9 cm³/mol. The Hall–Kier alpha value is -2.01. The molecule has 0 heterocycles. The molecule has 2 aromatic carbocycles. The maximum absolute atomic E-state index is 12.6. The lowest BCUT2D eigenvalue weighted by Crippen LogP contribution is -2.35. The van der Waals surface area contributed by atoms with Crippen LogP contribution in [0, 0.1) is 0 Å². The fraction of sp³-hybridized carbons (Fsp3) is 0.250. The second kappa shape index (κ2) is 5.77. The van der Waals surface area contributed by atoms with Crippen molar-refractivity contribution in [1.29, 1.82) is 0 Å². The fourth-order valence-corrected chi connectivity index (χ4v) is 2.07. The summed E-state index contributed by atoms with van der Waals surface area (Å²) in [7, 11) is 0. The number of anilines is 1. The molecule has 0 aliphatic heterocycles. The number of hydrogen-bond acceptors (Lipinski definition) is 2. The monoisotopic (exact) mass is 295 g/mol. The van der Waals surface area contributed by atoms with Gasteiger partial charge in [-0.2, -0.15) is 13.2 Å². The van der Waals surface area contributed by atoms with E-state index in [-0.39, 0.29) is 6.61 Å². The number of rotatable bonds is 4. The third-order valence-corrected chi connectivity index (χ3v) is 3.36. The van der Waals surface area contributed by atoms with Gasteiger partial charge in [-0.1, -0.05) is 30.3 Å². The lowest BCUT2D eigenvalue weighted by atomic mass is 9.91. The van der Waals surface area contributed by atoms with E-state index in [0.29, 0.717) is 5.56 Å². The highest BCUT2D eigenvalue weighted by molar-refractivity contribution is 5.48. The van der Waals surface area contributed by atoms with Crippen LogP contribution in [0.5, 0.6) is 0 Å². The minimum absolute atomic E-state index is 0.243. The van der Waals surface area contributed by atoms with Crippen LogP contribution >= 0.6 is 0 Å². The smallest absolute Gasteiger partial charge is 0.394 e. The molecule has 0 saturated carbocycles. The van der Waals surface area contributed by atoms with E-state index in [1.54, 1.807) is 6.92 Å². The molecule has 2 rings (SSSR count). The van der Waals surface area contributed by atoms with Gasteiger partial charge < -0.3 is 10.4 Å². The summed E-state index contributed by atoms with van der Waals surface area (Å²) in [6.45, 7) is 1.50. The van der Waals surface area contributed by atoms with Crippen LogP contribution in [0.3, 0.4) is 0 Å². The van der Waals surface area contributed by atoms with Gasteiger partial charge in [-0.05, 0) is 36.8 Å². The minimum atomic E-state index is -4.36. The molecular formula is C16H16F3NO. The Morgan fingerprint density at radius 3 is 1.90 bits per heavy atom. The van der Waals surface area contributed by atoms with Crippen LogP contribution in [0.1, 0.15) is 18.1 Å². The zero-order valence-electron chi connectivity index (χ0n) is 11.5. The summed E-state index contributed by atoms with van der Waals surface area (Å²) in [5.41, 5.74) is -0.187. The van der Waals surface area contributed by atoms with E-state index in [4.69, 9.17) is 0 Å². The van der Waals surface area contributed by atoms with Crippen molar-refractivity contribution in [3.63, 3.8) is 0 Å². The zero-order chi connectivity index (χ0) is 15.5. The second-order valence-corrected chi connectivity index (χ2v) is 5.06. The molecule has 0 fully saturated rings. The number of halogens is 3. The van der Waals surface area contributed by atoms with Crippen molar-refractivity contribution < 1.29 is 18.3 Å². The van der Waals surface area contributed by atoms with Gasteiger partial charge in [-0.25, -0.2) is 0 Å². The van der Waals surface area contributed by atoms with Crippen LogP contribution in [0.4, 0.5) is 18.9 Å². The van der Waals surface area contributed by atoms with E-state index in [0.717, 1.165) is 17.8 Å². The largest absolute Gasteiger partial charge is 0.416 e. The van der Waals surface area contributed by atoms with Gasteiger partial charge >= 0.3 is 6.18 Å². The lowest BCUT2D eigenvalue weighted by molar-refractivity contribution is -0.137. The van der Waals surface area contributed by atoms with Crippen molar-refractivity contribution in [3.8, 4) is 0 Å². The highest BCUT2D eigenvalue weighted by atomic mass is 19.4. The molecule has 5 heteroatoms. The van der Waals surface area contributed by atoms with Crippen LogP contribution in [0.25, 0.3) is 0 Å². The quantitative estimate of drug-likeness (QED) is 0.892. The third-order valence-electron chi connectivity index (χ3n) is 3.36. The summed E-state index contributed by atoms with van der Waals surface area (Å²) in [6.07, 6.45) is -4.36. The first-order valence-electron chi connectivity index (χ1n) is 6.47. The average Bonchev–Trinajstić information content (AvgIpc) is 2.47. The van der Waals surface area contributed by atoms with Gasteiger partial charge in [0.25, 0.3) is 0 Å². The van der Waals surface area contributed by atoms with E-state index in [2.05, 4.69) is 5.32 Å². The highest BCUT2D eigenvalue weighted by Gasteiger charge is 2.32. The molecule has 1 atom stereocenters. The van der Waals surface area contributed by atoms with Crippen LogP contribution in [0.15, 0.2) is 54.6 Å². The van der Waals surface area contributed by atoms with Gasteiger partial charge in [0.05, 0.1) is 17.7 Å². The van der Waals surface area contributed by atoms with Gasteiger partial charge in [-0.3, -0.25) is 0 Å². The molecule has 0 spiro atoms. The summed E-state index contributed by atoms with van der Waals surface area (Å²) in [6, 6.07) is 14.0. The number of nitrogens with one attached hydrogen (secondary N) is 1. The molecule has 0 saturated heterocycles. The van der Waals surface area contributed by atoms with Crippen LogP contribution in [-0.4, -0.2) is 11.7 Å². The number of aliphatic hydroxyl groups excluding tert-OH is 1. The minimum Gasteiger partial charge on any atom is -0.394 e. The number of para-hydroxylation sites is 1. The molecule has 0 aliphatic carbocycles. The van der Waals surface area contributed by atoms with Gasteiger partial charge in [0.2, 0.25) is 0 Å². The molecule has 0 aromatic heterocycles. The maximum atomic E-state index is 12.6. The van der Waals surface area contributed by atoms with E-state index in [1.165, 1.54) is 12.1 Å². The predicted octanol–water partition coefficient (Wildman–Crippen LogP) is 4.03. The summed E-state index contributed by atoms with van der Waals surface area (Å²) < 4.78 is 37.7. The normalized spacial score (nSPS) is 14.5. The number of benzene rings is 2. The van der Waals surface area contributed by atoms with Crippen molar-refractivity contribution in [2.45, 2.75) is 18.6 Å². The van der Waals surface area contributed by atoms with Gasteiger partial charge in [0.15, 0.2) is 0 Å². The number of hydrogen-bond donors (Lipinski definition) is 2. The number of alkyl halides is 3. The standard InChI is InChI=1S/C16H16F3NO/c1-15(11-21,20-14-5-3-2-4-6-14)12-7-9-13(10-8-12)16(17,18)19/h2-10,20-21H,11H2,1H3.